The van der Waals surface area contributed by atoms with E-state index in [0.29, 0.717) is 17.6 Å². The van der Waals surface area contributed by atoms with E-state index in [1.54, 1.807) is 0 Å². The first-order valence-corrected chi connectivity index (χ1v) is 6.30. The van der Waals surface area contributed by atoms with Gasteiger partial charge in [0, 0.05) is 0 Å². The highest BCUT2D eigenvalue weighted by Crippen LogP contribution is 2.11. The van der Waals surface area contributed by atoms with E-state index in [1.165, 1.54) is 0 Å². The zero-order chi connectivity index (χ0) is 12.7. The maximum Gasteiger partial charge on any atom is 0.166 e. The summed E-state index contributed by atoms with van der Waals surface area (Å²) in [7, 11) is 3.74. The highest BCUT2D eigenvalue weighted by Gasteiger charge is 2.25. The van der Waals surface area contributed by atoms with Gasteiger partial charge in [-0.1, -0.05) is 27.7 Å². The number of carbonyl (C=O) groups excluding carboxylic acids is 1. The molecule has 3 nitrogen and oxygen atoms in total. The molecular formula is C13H28N2O. The van der Waals surface area contributed by atoms with Crippen molar-refractivity contribution >= 4 is 5.78 Å². The number of hydrogen-bond acceptors (Lipinski definition) is 3. The molecule has 0 fully saturated rings. The Bertz CT molecular complexity index is 182. The van der Waals surface area contributed by atoms with Crippen LogP contribution in [0.2, 0.25) is 0 Å². The number of rotatable bonds is 8. The molecule has 0 amide bonds. The fourth-order valence-corrected chi connectivity index (χ4v) is 1.94. The smallest absolute Gasteiger partial charge is 0.166 e. The zero-order valence-electron chi connectivity index (χ0n) is 11.6. The summed E-state index contributed by atoms with van der Waals surface area (Å²) >= 11 is 0. The van der Waals surface area contributed by atoms with Gasteiger partial charge < -0.3 is 10.6 Å². The molecule has 0 aromatic rings. The molecule has 0 aromatic heterocycles. The zero-order valence-corrected chi connectivity index (χ0v) is 11.6. The van der Waals surface area contributed by atoms with Crippen LogP contribution in [0.25, 0.3) is 0 Å². The Morgan fingerprint density at radius 2 is 1.19 bits per heavy atom. The van der Waals surface area contributed by atoms with Gasteiger partial charge in [0.1, 0.15) is 0 Å². The number of Topliss-reactive ketones (excluding diaryl/α,β-unsaturated/α-hetero) is 1. The molecular weight excluding hydrogens is 200 g/mol. The minimum atomic E-state index is -0.0174. The summed E-state index contributed by atoms with van der Waals surface area (Å²) in [5.74, 6) is 1.38. The van der Waals surface area contributed by atoms with E-state index >= 15 is 0 Å². The maximum atomic E-state index is 12.3. The Kier molecular flexibility index (Phi) is 7.60. The summed E-state index contributed by atoms with van der Waals surface area (Å²) in [4.78, 5) is 12.3. The molecule has 2 atom stereocenters. The highest BCUT2D eigenvalue weighted by molar-refractivity contribution is 5.89. The van der Waals surface area contributed by atoms with Gasteiger partial charge in [-0.05, 0) is 38.8 Å². The number of likely N-dealkylation sites (N-methyl/N-ethyl adjacent to an activating group) is 2. The van der Waals surface area contributed by atoms with E-state index in [0.717, 1.165) is 12.8 Å². The average Bonchev–Trinajstić information content (AvgIpc) is 2.20. The lowest BCUT2D eigenvalue weighted by Crippen LogP contribution is -2.47. The van der Waals surface area contributed by atoms with Crippen molar-refractivity contribution in [2.24, 2.45) is 11.8 Å². The van der Waals surface area contributed by atoms with Gasteiger partial charge in [0.05, 0.1) is 12.1 Å². The molecule has 0 aliphatic carbocycles. The SMILES string of the molecule is CNC(CC(C)C)C(=O)C(CC(C)C)NC. The van der Waals surface area contributed by atoms with Gasteiger partial charge in [-0.2, -0.15) is 0 Å². The number of nitrogens with one attached hydrogen (secondary N) is 2. The molecule has 0 radical (unpaired) electrons. The van der Waals surface area contributed by atoms with Crippen molar-refractivity contribution < 1.29 is 4.79 Å². The predicted molar refractivity (Wildman–Crippen MR) is 69.6 cm³/mol. The van der Waals surface area contributed by atoms with Crippen molar-refractivity contribution in [2.75, 3.05) is 14.1 Å². The first-order chi connectivity index (χ1) is 7.42. The molecule has 96 valence electrons. The Hall–Kier alpha value is -0.410. The largest absolute Gasteiger partial charge is 0.310 e. The highest BCUT2D eigenvalue weighted by atomic mass is 16.1. The van der Waals surface area contributed by atoms with E-state index in [2.05, 4.69) is 38.3 Å². The van der Waals surface area contributed by atoms with Gasteiger partial charge in [0.2, 0.25) is 0 Å². The van der Waals surface area contributed by atoms with E-state index in [4.69, 9.17) is 0 Å². The Morgan fingerprint density at radius 3 is 1.38 bits per heavy atom. The lowest BCUT2D eigenvalue weighted by atomic mass is 9.92. The molecule has 16 heavy (non-hydrogen) atoms. The second kappa shape index (κ2) is 7.80. The van der Waals surface area contributed by atoms with Gasteiger partial charge in [-0.15, -0.1) is 0 Å². The number of hydrogen-bond donors (Lipinski definition) is 2. The predicted octanol–water partition coefficient (Wildman–Crippen LogP) is 1.82. The van der Waals surface area contributed by atoms with Gasteiger partial charge >= 0.3 is 0 Å². The third kappa shape index (κ3) is 5.61. The molecule has 0 rings (SSSR count). The minimum absolute atomic E-state index is 0.0174. The monoisotopic (exact) mass is 228 g/mol. The molecule has 3 heteroatoms. The Balaban J connectivity index is 4.44. The topological polar surface area (TPSA) is 41.1 Å². The van der Waals surface area contributed by atoms with Crippen molar-refractivity contribution in [2.45, 2.75) is 52.6 Å². The second-order valence-corrected chi connectivity index (χ2v) is 5.34. The lowest BCUT2D eigenvalue weighted by molar-refractivity contribution is -0.123. The third-order valence-electron chi connectivity index (χ3n) is 2.80. The van der Waals surface area contributed by atoms with Crippen LogP contribution in [0.3, 0.4) is 0 Å². The van der Waals surface area contributed by atoms with Crippen molar-refractivity contribution in [1.29, 1.82) is 0 Å². The van der Waals surface area contributed by atoms with E-state index in [1.807, 2.05) is 14.1 Å². The van der Waals surface area contributed by atoms with Crippen molar-refractivity contribution in [1.82, 2.24) is 10.6 Å². The standard InChI is InChI=1S/C13H28N2O/c1-9(2)7-11(14-5)13(16)12(15-6)8-10(3)4/h9-12,14-15H,7-8H2,1-6H3. The van der Waals surface area contributed by atoms with Crippen LogP contribution in [0, 0.1) is 11.8 Å². The normalized spacial score (nSPS) is 15.5. The van der Waals surface area contributed by atoms with E-state index in [-0.39, 0.29) is 12.1 Å². The number of carbonyl (C=O) groups is 1. The van der Waals surface area contributed by atoms with Crippen LogP contribution in [0.5, 0.6) is 0 Å². The first kappa shape index (κ1) is 15.6. The van der Waals surface area contributed by atoms with E-state index < -0.39 is 0 Å². The Morgan fingerprint density at radius 1 is 0.875 bits per heavy atom. The van der Waals surface area contributed by atoms with Crippen LogP contribution >= 0.6 is 0 Å². The molecule has 0 bridgehead atoms. The van der Waals surface area contributed by atoms with Crippen molar-refractivity contribution in [3.05, 3.63) is 0 Å². The lowest BCUT2D eigenvalue weighted by Gasteiger charge is -2.24. The van der Waals surface area contributed by atoms with Crippen LogP contribution in [-0.2, 0) is 4.79 Å². The summed E-state index contributed by atoms with van der Waals surface area (Å²) in [5, 5.41) is 6.26. The molecule has 0 spiro atoms. The summed E-state index contributed by atoms with van der Waals surface area (Å²) < 4.78 is 0. The minimum Gasteiger partial charge on any atom is -0.310 e. The van der Waals surface area contributed by atoms with Crippen molar-refractivity contribution in [3.8, 4) is 0 Å². The van der Waals surface area contributed by atoms with Gasteiger partial charge in [0.25, 0.3) is 0 Å². The van der Waals surface area contributed by atoms with Crippen LogP contribution < -0.4 is 10.6 Å². The van der Waals surface area contributed by atoms with Gasteiger partial charge in [-0.25, -0.2) is 0 Å². The quantitative estimate of drug-likeness (QED) is 0.666. The first-order valence-electron chi connectivity index (χ1n) is 6.30. The molecule has 0 heterocycles. The summed E-state index contributed by atoms with van der Waals surface area (Å²) in [5.41, 5.74) is 0. The van der Waals surface area contributed by atoms with Crippen LogP contribution in [0.4, 0.5) is 0 Å². The summed E-state index contributed by atoms with van der Waals surface area (Å²) in [6.45, 7) is 8.59. The Labute approximate surface area is 100 Å². The van der Waals surface area contributed by atoms with Crippen LogP contribution in [0.1, 0.15) is 40.5 Å². The van der Waals surface area contributed by atoms with E-state index in [9.17, 15) is 4.79 Å². The van der Waals surface area contributed by atoms with Gasteiger partial charge in [-0.3, -0.25) is 4.79 Å². The fourth-order valence-electron chi connectivity index (χ4n) is 1.94. The molecule has 0 saturated carbocycles. The molecule has 0 aliphatic heterocycles. The maximum absolute atomic E-state index is 12.3. The third-order valence-corrected chi connectivity index (χ3v) is 2.80. The molecule has 0 aromatic carbocycles. The summed E-state index contributed by atoms with van der Waals surface area (Å²) in [6, 6.07) is -0.0348. The van der Waals surface area contributed by atoms with Crippen LogP contribution in [0.15, 0.2) is 0 Å². The molecule has 0 saturated heterocycles. The van der Waals surface area contributed by atoms with Gasteiger partial charge in [0.15, 0.2) is 5.78 Å². The fraction of sp³-hybridized carbons (Fsp3) is 0.923. The molecule has 2 unspecified atom stereocenters. The second-order valence-electron chi connectivity index (χ2n) is 5.34. The summed E-state index contributed by atoms with van der Waals surface area (Å²) in [6.07, 6.45) is 1.82. The molecule has 0 aliphatic rings. The average molecular weight is 228 g/mol. The van der Waals surface area contributed by atoms with Crippen LogP contribution in [-0.4, -0.2) is 32.0 Å². The van der Waals surface area contributed by atoms with Crippen molar-refractivity contribution in [3.63, 3.8) is 0 Å². The molecule has 2 N–H and O–H groups in total. The number of ketones is 1.